The van der Waals surface area contributed by atoms with Crippen molar-refractivity contribution in [3.8, 4) is 0 Å². The largest absolute Gasteiger partial charge is 0.394 e. The van der Waals surface area contributed by atoms with Gasteiger partial charge in [-0.05, 0) is 6.92 Å². The molecule has 0 aromatic carbocycles. The molecule has 8 heteroatoms. The smallest absolute Gasteiger partial charge is 0.330 e. The van der Waals surface area contributed by atoms with Gasteiger partial charge in [-0.15, -0.1) is 6.58 Å². The summed E-state index contributed by atoms with van der Waals surface area (Å²) in [6.45, 7) is 4.79. The fraction of sp³-hybridized carbons (Fsp3) is 0.538. The van der Waals surface area contributed by atoms with Crippen molar-refractivity contribution in [1.82, 2.24) is 9.55 Å². The van der Waals surface area contributed by atoms with Gasteiger partial charge in [0, 0.05) is 11.8 Å². The number of nitrogens with zero attached hydrogens (tertiary/aromatic N) is 1. The molecule has 0 amide bonds. The van der Waals surface area contributed by atoms with Crippen LogP contribution in [0.5, 0.6) is 0 Å². The van der Waals surface area contributed by atoms with Crippen LogP contribution in [0.25, 0.3) is 0 Å². The van der Waals surface area contributed by atoms with Crippen molar-refractivity contribution in [2.75, 3.05) is 13.2 Å². The van der Waals surface area contributed by atoms with Crippen molar-refractivity contribution < 1.29 is 19.7 Å². The first kappa shape index (κ1) is 15.6. The fourth-order valence-corrected chi connectivity index (χ4v) is 2.23. The number of H-pyrrole nitrogens is 1. The van der Waals surface area contributed by atoms with Gasteiger partial charge in [0.1, 0.15) is 18.3 Å². The minimum Gasteiger partial charge on any atom is -0.394 e. The molecule has 2 heterocycles. The Labute approximate surface area is 120 Å². The summed E-state index contributed by atoms with van der Waals surface area (Å²) in [7, 11) is 0. The molecule has 1 aromatic rings. The molecule has 2 unspecified atom stereocenters. The van der Waals surface area contributed by atoms with Gasteiger partial charge in [0.2, 0.25) is 0 Å². The zero-order valence-corrected chi connectivity index (χ0v) is 11.6. The van der Waals surface area contributed by atoms with Gasteiger partial charge in [-0.2, -0.15) is 0 Å². The lowest BCUT2D eigenvalue weighted by molar-refractivity contribution is -0.0687. The second kappa shape index (κ2) is 6.35. The Kier molecular flexibility index (Phi) is 4.73. The molecule has 1 aromatic heterocycles. The van der Waals surface area contributed by atoms with Crippen LogP contribution in [0.4, 0.5) is 0 Å². The Morgan fingerprint density at radius 2 is 2.29 bits per heavy atom. The second-order valence-electron chi connectivity index (χ2n) is 4.80. The van der Waals surface area contributed by atoms with Gasteiger partial charge in [-0.3, -0.25) is 14.3 Å². The third-order valence-electron chi connectivity index (χ3n) is 3.32. The number of aromatic nitrogens is 2. The van der Waals surface area contributed by atoms with Crippen molar-refractivity contribution in [3.63, 3.8) is 0 Å². The minimum absolute atomic E-state index is 0.150. The monoisotopic (exact) mass is 298 g/mol. The van der Waals surface area contributed by atoms with Crippen LogP contribution in [-0.4, -0.2) is 51.3 Å². The van der Waals surface area contributed by atoms with Crippen LogP contribution in [0.2, 0.25) is 0 Å². The van der Waals surface area contributed by atoms with Gasteiger partial charge in [-0.25, -0.2) is 4.79 Å². The summed E-state index contributed by atoms with van der Waals surface area (Å²) in [5.74, 6) is 0. The first-order valence-corrected chi connectivity index (χ1v) is 6.48. The standard InChI is InChI=1S/C13H18N2O6/c1-3-4-20-10-9(17)8(6-16)21-12(10)15-5-7(2)11(18)14-13(15)19/h3,5,8-10,12,16-17H,1,4,6H2,2H3,(H,14,18,19)/t8-,9?,10?,12-/m0/s1. The molecule has 0 aliphatic carbocycles. The predicted molar refractivity (Wildman–Crippen MR) is 73.0 cm³/mol. The molecule has 4 atom stereocenters. The molecule has 2 rings (SSSR count). The highest BCUT2D eigenvalue weighted by molar-refractivity contribution is 5.03. The minimum atomic E-state index is -1.10. The van der Waals surface area contributed by atoms with Crippen LogP contribution in [0, 0.1) is 6.92 Å². The van der Waals surface area contributed by atoms with Crippen molar-refractivity contribution in [2.45, 2.75) is 31.5 Å². The number of rotatable bonds is 5. The molecule has 0 spiro atoms. The number of nitrogens with one attached hydrogen (secondary N) is 1. The molecule has 21 heavy (non-hydrogen) atoms. The summed E-state index contributed by atoms with van der Waals surface area (Å²) < 4.78 is 12.1. The van der Waals surface area contributed by atoms with E-state index in [-0.39, 0.29) is 6.61 Å². The third kappa shape index (κ3) is 2.98. The molecule has 8 nitrogen and oxygen atoms in total. The summed E-state index contributed by atoms with van der Waals surface area (Å²) in [6, 6.07) is 0. The third-order valence-corrected chi connectivity index (χ3v) is 3.32. The Morgan fingerprint density at radius 3 is 2.90 bits per heavy atom. The predicted octanol–water partition coefficient (Wildman–Crippen LogP) is -1.33. The van der Waals surface area contributed by atoms with Crippen molar-refractivity contribution in [3.05, 3.63) is 45.3 Å². The van der Waals surface area contributed by atoms with Crippen LogP contribution < -0.4 is 11.2 Å². The van der Waals surface area contributed by atoms with E-state index in [4.69, 9.17) is 9.47 Å². The van der Waals surface area contributed by atoms with E-state index >= 15 is 0 Å². The summed E-state index contributed by atoms with van der Waals surface area (Å²) in [6.07, 6.45) is -0.939. The molecule has 0 radical (unpaired) electrons. The van der Waals surface area contributed by atoms with E-state index in [1.54, 1.807) is 6.92 Å². The number of aliphatic hydroxyl groups excluding tert-OH is 2. The fourth-order valence-electron chi connectivity index (χ4n) is 2.23. The Bertz CT molecular complexity index is 622. The molecule has 3 N–H and O–H groups in total. The molecule has 116 valence electrons. The first-order chi connectivity index (χ1) is 9.99. The summed E-state index contributed by atoms with van der Waals surface area (Å²) in [5, 5.41) is 19.3. The van der Waals surface area contributed by atoms with E-state index in [9.17, 15) is 19.8 Å². The number of ether oxygens (including phenoxy) is 2. The maximum atomic E-state index is 11.9. The lowest BCUT2D eigenvalue weighted by Gasteiger charge is -2.21. The summed E-state index contributed by atoms with van der Waals surface area (Å²) in [4.78, 5) is 25.5. The SMILES string of the molecule is C=CCOC1C(O)[C@H](CO)O[C@@H]1n1cc(C)c(=O)[nH]c1=O. The quantitative estimate of drug-likeness (QED) is 0.580. The van der Waals surface area contributed by atoms with E-state index in [2.05, 4.69) is 11.6 Å². The molecule has 1 aliphatic rings. The van der Waals surface area contributed by atoms with Crippen LogP contribution in [0.3, 0.4) is 0 Å². The Balaban J connectivity index is 2.40. The van der Waals surface area contributed by atoms with E-state index in [0.717, 1.165) is 4.57 Å². The van der Waals surface area contributed by atoms with Crippen molar-refractivity contribution in [2.24, 2.45) is 0 Å². The van der Waals surface area contributed by atoms with Gasteiger partial charge in [0.05, 0.1) is 13.2 Å². The zero-order valence-electron chi connectivity index (χ0n) is 11.6. The van der Waals surface area contributed by atoms with Crippen LogP contribution in [0.15, 0.2) is 28.4 Å². The van der Waals surface area contributed by atoms with Gasteiger partial charge < -0.3 is 19.7 Å². The van der Waals surface area contributed by atoms with E-state index in [1.807, 2.05) is 0 Å². The number of hydrogen-bond acceptors (Lipinski definition) is 6. The maximum Gasteiger partial charge on any atom is 0.330 e. The Morgan fingerprint density at radius 1 is 1.57 bits per heavy atom. The van der Waals surface area contributed by atoms with Crippen LogP contribution in [-0.2, 0) is 9.47 Å². The van der Waals surface area contributed by atoms with Gasteiger partial charge in [0.15, 0.2) is 6.23 Å². The van der Waals surface area contributed by atoms with Crippen molar-refractivity contribution >= 4 is 0 Å². The second-order valence-corrected chi connectivity index (χ2v) is 4.80. The lowest BCUT2D eigenvalue weighted by atomic mass is 10.1. The molecule has 1 fully saturated rings. The molecule has 0 bridgehead atoms. The van der Waals surface area contributed by atoms with Crippen LogP contribution in [0.1, 0.15) is 11.8 Å². The van der Waals surface area contributed by atoms with Crippen molar-refractivity contribution in [1.29, 1.82) is 0 Å². The molecule has 1 saturated heterocycles. The average Bonchev–Trinajstić information content (AvgIpc) is 2.77. The molecular formula is C13H18N2O6. The van der Waals surface area contributed by atoms with Gasteiger partial charge in [-0.1, -0.05) is 6.08 Å². The highest BCUT2D eigenvalue weighted by atomic mass is 16.6. The highest BCUT2D eigenvalue weighted by Crippen LogP contribution is 2.30. The maximum absolute atomic E-state index is 11.9. The molecule has 0 saturated carbocycles. The van der Waals surface area contributed by atoms with E-state index < -0.39 is 42.4 Å². The number of hydrogen-bond donors (Lipinski definition) is 3. The van der Waals surface area contributed by atoms with Crippen LogP contribution >= 0.6 is 0 Å². The van der Waals surface area contributed by atoms with Gasteiger partial charge in [0.25, 0.3) is 5.56 Å². The average molecular weight is 298 g/mol. The highest BCUT2D eigenvalue weighted by Gasteiger charge is 2.45. The number of aliphatic hydroxyl groups is 2. The number of aryl methyl sites for hydroxylation is 1. The number of aromatic amines is 1. The lowest BCUT2D eigenvalue weighted by Crippen LogP contribution is -2.40. The first-order valence-electron chi connectivity index (χ1n) is 6.48. The molecular weight excluding hydrogens is 280 g/mol. The normalized spacial score (nSPS) is 28.7. The summed E-state index contributed by atoms with van der Waals surface area (Å²) in [5.41, 5.74) is -0.840. The topological polar surface area (TPSA) is 114 Å². The summed E-state index contributed by atoms with van der Waals surface area (Å²) >= 11 is 0. The Hall–Kier alpha value is -1.74. The van der Waals surface area contributed by atoms with E-state index in [1.165, 1.54) is 12.3 Å². The molecule has 1 aliphatic heterocycles. The van der Waals surface area contributed by atoms with E-state index in [0.29, 0.717) is 5.56 Å². The zero-order chi connectivity index (χ0) is 15.6. The van der Waals surface area contributed by atoms with Gasteiger partial charge >= 0.3 is 5.69 Å².